The molecule has 13 heavy (non-hydrogen) atoms. The molecule has 1 atom stereocenters. The van der Waals surface area contributed by atoms with Gasteiger partial charge in [0.2, 0.25) is 0 Å². The second kappa shape index (κ2) is 2.23. The number of benzene rings is 1. The molecule has 2 aliphatic rings. The largest absolute Gasteiger partial charge is 0.491 e. The molecule has 68 valence electrons. The van der Waals surface area contributed by atoms with Crippen molar-refractivity contribution in [3.05, 3.63) is 29.6 Å². The highest BCUT2D eigenvalue weighted by atomic mass is 19.1. The number of rotatable bonds is 0. The van der Waals surface area contributed by atoms with Crippen molar-refractivity contribution in [3.63, 3.8) is 0 Å². The smallest absolute Gasteiger partial charge is 0.127 e. The number of fused-ring (bicyclic) bond motifs is 2. The number of halogens is 1. The molecule has 1 aromatic carbocycles. The second-order valence-corrected chi connectivity index (χ2v) is 3.69. The Kier molecular flexibility index (Phi) is 1.26. The van der Waals surface area contributed by atoms with Crippen molar-refractivity contribution in [3.8, 4) is 5.75 Å². The summed E-state index contributed by atoms with van der Waals surface area (Å²) in [5.74, 6) is 0.474. The maximum atomic E-state index is 12.8. The van der Waals surface area contributed by atoms with Crippen molar-refractivity contribution in [1.82, 2.24) is 5.32 Å². The third-order valence-corrected chi connectivity index (χ3v) is 2.95. The zero-order chi connectivity index (χ0) is 8.89. The van der Waals surface area contributed by atoms with Crippen LogP contribution in [-0.4, -0.2) is 13.2 Å². The van der Waals surface area contributed by atoms with Gasteiger partial charge in [-0.2, -0.15) is 0 Å². The van der Waals surface area contributed by atoms with E-state index in [1.54, 1.807) is 0 Å². The minimum Gasteiger partial charge on any atom is -0.491 e. The average molecular weight is 179 g/mol. The van der Waals surface area contributed by atoms with Gasteiger partial charge in [0.05, 0.1) is 5.54 Å². The fourth-order valence-corrected chi connectivity index (χ4v) is 2.07. The summed E-state index contributed by atoms with van der Waals surface area (Å²) in [6, 6.07) is 4.78. The van der Waals surface area contributed by atoms with Gasteiger partial charge in [0.25, 0.3) is 0 Å². The van der Waals surface area contributed by atoms with Crippen LogP contribution in [0.5, 0.6) is 5.75 Å². The number of hydrogen-bond donors (Lipinski definition) is 1. The van der Waals surface area contributed by atoms with E-state index in [0.29, 0.717) is 12.4 Å². The molecule has 1 spiro atoms. The standard InChI is InChI=1S/C10H10FNO/c11-7-1-2-8-9(5-7)13-6-10(8)3-4-12-10/h1-2,5,12H,3-4,6H2/t10-/m0/s1. The third kappa shape index (κ3) is 0.851. The average Bonchev–Trinajstić information content (AvgIpc) is 2.41. The lowest BCUT2D eigenvalue weighted by atomic mass is 9.83. The Morgan fingerprint density at radius 3 is 3.00 bits per heavy atom. The Bertz CT molecular complexity index is 360. The van der Waals surface area contributed by atoms with E-state index in [9.17, 15) is 4.39 Å². The molecule has 0 radical (unpaired) electrons. The Morgan fingerprint density at radius 2 is 2.31 bits per heavy atom. The van der Waals surface area contributed by atoms with Crippen molar-refractivity contribution in [2.75, 3.05) is 13.2 Å². The van der Waals surface area contributed by atoms with Crippen LogP contribution >= 0.6 is 0 Å². The van der Waals surface area contributed by atoms with Gasteiger partial charge >= 0.3 is 0 Å². The van der Waals surface area contributed by atoms with Crippen LogP contribution in [0.1, 0.15) is 12.0 Å². The molecular weight excluding hydrogens is 169 g/mol. The van der Waals surface area contributed by atoms with Gasteiger partial charge in [-0.15, -0.1) is 0 Å². The minimum atomic E-state index is -0.227. The van der Waals surface area contributed by atoms with Gasteiger partial charge in [-0.3, -0.25) is 0 Å². The molecule has 1 N–H and O–H groups in total. The molecule has 2 heterocycles. The zero-order valence-electron chi connectivity index (χ0n) is 7.14. The normalized spacial score (nSPS) is 29.6. The topological polar surface area (TPSA) is 21.3 Å². The molecule has 1 aromatic rings. The van der Waals surface area contributed by atoms with E-state index < -0.39 is 0 Å². The van der Waals surface area contributed by atoms with Crippen LogP contribution in [0.2, 0.25) is 0 Å². The molecule has 0 saturated carbocycles. The van der Waals surface area contributed by atoms with Crippen LogP contribution in [0.3, 0.4) is 0 Å². The molecule has 0 bridgehead atoms. The van der Waals surface area contributed by atoms with Gasteiger partial charge in [-0.1, -0.05) is 6.07 Å². The van der Waals surface area contributed by atoms with Gasteiger partial charge in [0.1, 0.15) is 18.2 Å². The van der Waals surface area contributed by atoms with E-state index in [4.69, 9.17) is 4.74 Å². The fourth-order valence-electron chi connectivity index (χ4n) is 2.07. The summed E-state index contributed by atoms with van der Waals surface area (Å²) < 4.78 is 18.3. The van der Waals surface area contributed by atoms with E-state index in [1.165, 1.54) is 12.1 Å². The lowest BCUT2D eigenvalue weighted by Crippen LogP contribution is -2.55. The predicted octanol–water partition coefficient (Wildman–Crippen LogP) is 1.41. The summed E-state index contributed by atoms with van der Waals surface area (Å²) in [7, 11) is 0. The number of ether oxygens (including phenoxy) is 1. The molecule has 3 heteroatoms. The molecule has 0 unspecified atom stereocenters. The molecule has 3 rings (SSSR count). The van der Waals surface area contributed by atoms with Crippen molar-refractivity contribution >= 4 is 0 Å². The van der Waals surface area contributed by atoms with E-state index in [0.717, 1.165) is 18.5 Å². The Balaban J connectivity index is 2.11. The summed E-state index contributed by atoms with van der Waals surface area (Å²) in [5.41, 5.74) is 1.11. The summed E-state index contributed by atoms with van der Waals surface area (Å²) in [6.07, 6.45) is 1.09. The number of nitrogens with one attached hydrogen (secondary N) is 1. The van der Waals surface area contributed by atoms with Gasteiger partial charge in [0.15, 0.2) is 0 Å². The summed E-state index contributed by atoms with van der Waals surface area (Å²) >= 11 is 0. The van der Waals surface area contributed by atoms with Crippen molar-refractivity contribution < 1.29 is 9.13 Å². The first-order chi connectivity index (χ1) is 6.30. The Morgan fingerprint density at radius 1 is 1.46 bits per heavy atom. The lowest BCUT2D eigenvalue weighted by Gasteiger charge is -2.38. The highest BCUT2D eigenvalue weighted by molar-refractivity contribution is 5.44. The van der Waals surface area contributed by atoms with Crippen LogP contribution in [0.4, 0.5) is 4.39 Å². The van der Waals surface area contributed by atoms with Gasteiger partial charge in [-0.05, 0) is 19.0 Å². The van der Waals surface area contributed by atoms with Crippen LogP contribution in [0, 0.1) is 5.82 Å². The summed E-state index contributed by atoms with van der Waals surface area (Å²) in [6.45, 7) is 1.67. The van der Waals surface area contributed by atoms with E-state index in [1.807, 2.05) is 6.07 Å². The van der Waals surface area contributed by atoms with Crippen molar-refractivity contribution in [2.24, 2.45) is 0 Å². The predicted molar refractivity (Wildman–Crippen MR) is 46.2 cm³/mol. The van der Waals surface area contributed by atoms with Crippen molar-refractivity contribution in [2.45, 2.75) is 12.0 Å². The molecular formula is C10H10FNO. The Hall–Kier alpha value is -1.09. The minimum absolute atomic E-state index is 0.00301. The highest BCUT2D eigenvalue weighted by Crippen LogP contribution is 2.42. The first-order valence-corrected chi connectivity index (χ1v) is 4.48. The van der Waals surface area contributed by atoms with Crippen LogP contribution in [-0.2, 0) is 5.54 Å². The second-order valence-electron chi connectivity index (χ2n) is 3.69. The van der Waals surface area contributed by atoms with Crippen LogP contribution in [0.15, 0.2) is 18.2 Å². The first-order valence-electron chi connectivity index (χ1n) is 4.48. The van der Waals surface area contributed by atoms with Crippen molar-refractivity contribution in [1.29, 1.82) is 0 Å². The molecule has 2 aliphatic heterocycles. The monoisotopic (exact) mass is 179 g/mol. The molecule has 0 aliphatic carbocycles. The molecule has 1 fully saturated rings. The van der Waals surface area contributed by atoms with E-state index in [2.05, 4.69) is 5.32 Å². The fraction of sp³-hybridized carbons (Fsp3) is 0.400. The summed E-state index contributed by atoms with van der Waals surface area (Å²) in [4.78, 5) is 0. The summed E-state index contributed by atoms with van der Waals surface area (Å²) in [5, 5.41) is 3.35. The highest BCUT2D eigenvalue weighted by Gasteiger charge is 2.45. The van der Waals surface area contributed by atoms with E-state index >= 15 is 0 Å². The van der Waals surface area contributed by atoms with Gasteiger partial charge in [0, 0.05) is 11.6 Å². The first kappa shape index (κ1) is 7.33. The van der Waals surface area contributed by atoms with Gasteiger partial charge < -0.3 is 10.1 Å². The maximum Gasteiger partial charge on any atom is 0.127 e. The molecule has 1 saturated heterocycles. The SMILES string of the molecule is Fc1ccc2c(c1)OC[C@@]21CCN1. The van der Waals surface area contributed by atoms with Gasteiger partial charge in [-0.25, -0.2) is 4.39 Å². The lowest BCUT2D eigenvalue weighted by molar-refractivity contribution is 0.154. The van der Waals surface area contributed by atoms with E-state index in [-0.39, 0.29) is 11.4 Å². The third-order valence-electron chi connectivity index (χ3n) is 2.95. The molecule has 2 nitrogen and oxygen atoms in total. The quantitative estimate of drug-likeness (QED) is 0.650. The zero-order valence-corrected chi connectivity index (χ0v) is 7.14. The maximum absolute atomic E-state index is 12.8. The Labute approximate surface area is 75.7 Å². The van der Waals surface area contributed by atoms with Crippen LogP contribution < -0.4 is 10.1 Å². The molecule has 0 amide bonds. The van der Waals surface area contributed by atoms with Crippen LogP contribution in [0.25, 0.3) is 0 Å². The number of hydrogen-bond acceptors (Lipinski definition) is 2. The molecule has 0 aromatic heterocycles.